The molecule has 1 unspecified atom stereocenters. The number of hydrogen-bond donors (Lipinski definition) is 1. The second-order valence-electron chi connectivity index (χ2n) is 5.74. The molecule has 1 N–H and O–H groups in total. The van der Waals surface area contributed by atoms with E-state index >= 15 is 0 Å². The van der Waals surface area contributed by atoms with Gasteiger partial charge in [-0.15, -0.1) is 0 Å². The Bertz CT molecular complexity index is 569. The van der Waals surface area contributed by atoms with E-state index in [4.69, 9.17) is 9.15 Å². The molecule has 3 heteroatoms. The van der Waals surface area contributed by atoms with Gasteiger partial charge in [0.15, 0.2) is 0 Å². The lowest BCUT2D eigenvalue weighted by Gasteiger charge is -2.18. The third-order valence-electron chi connectivity index (χ3n) is 3.80. The molecular weight excluding hydrogens is 262 g/mol. The van der Waals surface area contributed by atoms with Crippen LogP contribution in [0.15, 0.2) is 41.0 Å². The molecule has 1 heterocycles. The number of nitrogens with one attached hydrogen (secondary N) is 1. The van der Waals surface area contributed by atoms with Gasteiger partial charge in [0.2, 0.25) is 0 Å². The molecule has 0 saturated heterocycles. The lowest BCUT2D eigenvalue weighted by atomic mass is 10.0. The van der Waals surface area contributed by atoms with E-state index in [1.165, 1.54) is 24.0 Å². The van der Waals surface area contributed by atoms with Gasteiger partial charge in [0.25, 0.3) is 0 Å². The van der Waals surface area contributed by atoms with Gasteiger partial charge in [0.1, 0.15) is 11.5 Å². The van der Waals surface area contributed by atoms with Gasteiger partial charge in [0, 0.05) is 0 Å². The highest BCUT2D eigenvalue weighted by atomic mass is 16.5. The molecule has 1 aliphatic rings. The van der Waals surface area contributed by atoms with Crippen molar-refractivity contribution >= 4 is 0 Å². The Labute approximate surface area is 126 Å². The van der Waals surface area contributed by atoms with E-state index in [1.807, 2.05) is 6.07 Å². The van der Waals surface area contributed by atoms with E-state index in [-0.39, 0.29) is 6.04 Å². The average Bonchev–Trinajstić information content (AvgIpc) is 3.21. The summed E-state index contributed by atoms with van der Waals surface area (Å²) < 4.78 is 11.5. The van der Waals surface area contributed by atoms with Crippen LogP contribution in [0.25, 0.3) is 0 Å². The van der Waals surface area contributed by atoms with Crippen LogP contribution in [0, 0.1) is 6.92 Å². The lowest BCUT2D eigenvalue weighted by Crippen LogP contribution is -2.23. The van der Waals surface area contributed by atoms with Crippen LogP contribution in [-0.2, 0) is 0 Å². The molecule has 1 saturated carbocycles. The second kappa shape index (κ2) is 6.35. The molecule has 0 spiro atoms. The standard InChI is InChI=1S/C18H23NO2/c1-3-11-19-17(18-13(2)10-12-20-18)14-4-6-15(7-5-14)21-16-8-9-16/h4-7,10,12,16-17,19H,3,8-9,11H2,1-2H3. The van der Waals surface area contributed by atoms with E-state index < -0.39 is 0 Å². The number of rotatable bonds is 7. The molecule has 1 aromatic carbocycles. The van der Waals surface area contributed by atoms with Gasteiger partial charge < -0.3 is 14.5 Å². The Morgan fingerprint density at radius 1 is 1.24 bits per heavy atom. The number of benzene rings is 1. The first-order valence-corrected chi connectivity index (χ1v) is 7.82. The summed E-state index contributed by atoms with van der Waals surface area (Å²) in [5.41, 5.74) is 2.39. The summed E-state index contributed by atoms with van der Waals surface area (Å²) in [7, 11) is 0. The molecule has 0 aliphatic heterocycles. The minimum Gasteiger partial charge on any atom is -0.490 e. The largest absolute Gasteiger partial charge is 0.490 e. The van der Waals surface area contributed by atoms with Crippen molar-refractivity contribution in [2.45, 2.75) is 45.3 Å². The van der Waals surface area contributed by atoms with Crippen LogP contribution in [0.3, 0.4) is 0 Å². The average molecular weight is 285 g/mol. The third-order valence-corrected chi connectivity index (χ3v) is 3.80. The summed E-state index contributed by atoms with van der Waals surface area (Å²) in [5.74, 6) is 1.96. The van der Waals surface area contributed by atoms with Crippen LogP contribution in [0.5, 0.6) is 5.75 Å². The molecule has 21 heavy (non-hydrogen) atoms. The SMILES string of the molecule is CCCNC(c1ccc(OC2CC2)cc1)c1occc1C. The van der Waals surface area contributed by atoms with Crippen molar-refractivity contribution in [2.24, 2.45) is 0 Å². The summed E-state index contributed by atoms with van der Waals surface area (Å²) in [4.78, 5) is 0. The Morgan fingerprint density at radius 3 is 2.57 bits per heavy atom. The van der Waals surface area contributed by atoms with Gasteiger partial charge in [-0.2, -0.15) is 0 Å². The van der Waals surface area contributed by atoms with E-state index in [1.54, 1.807) is 6.26 Å². The monoisotopic (exact) mass is 285 g/mol. The zero-order chi connectivity index (χ0) is 14.7. The van der Waals surface area contributed by atoms with E-state index in [0.717, 1.165) is 24.5 Å². The second-order valence-corrected chi connectivity index (χ2v) is 5.74. The maximum atomic E-state index is 5.81. The minimum absolute atomic E-state index is 0.106. The smallest absolute Gasteiger partial charge is 0.128 e. The van der Waals surface area contributed by atoms with Crippen LogP contribution in [0.1, 0.15) is 49.1 Å². The fraction of sp³-hybridized carbons (Fsp3) is 0.444. The van der Waals surface area contributed by atoms with Gasteiger partial charge in [-0.3, -0.25) is 0 Å². The van der Waals surface area contributed by atoms with Gasteiger partial charge in [-0.25, -0.2) is 0 Å². The normalized spacial score (nSPS) is 15.9. The molecule has 0 amide bonds. The van der Waals surface area contributed by atoms with E-state index in [9.17, 15) is 0 Å². The Kier molecular flexibility index (Phi) is 4.30. The maximum absolute atomic E-state index is 5.81. The van der Waals surface area contributed by atoms with Gasteiger partial charge in [-0.05, 0) is 62.1 Å². The molecule has 1 fully saturated rings. The molecular formula is C18H23NO2. The zero-order valence-electron chi connectivity index (χ0n) is 12.8. The predicted molar refractivity (Wildman–Crippen MR) is 83.7 cm³/mol. The molecule has 0 bridgehead atoms. The summed E-state index contributed by atoms with van der Waals surface area (Å²) in [5, 5.41) is 3.57. The van der Waals surface area contributed by atoms with Crippen molar-refractivity contribution in [3.63, 3.8) is 0 Å². The minimum atomic E-state index is 0.106. The van der Waals surface area contributed by atoms with Crippen LogP contribution < -0.4 is 10.1 Å². The first-order valence-electron chi connectivity index (χ1n) is 7.82. The summed E-state index contributed by atoms with van der Waals surface area (Å²) >= 11 is 0. The van der Waals surface area contributed by atoms with Crippen LogP contribution in [-0.4, -0.2) is 12.6 Å². The van der Waals surface area contributed by atoms with Crippen LogP contribution in [0.2, 0.25) is 0 Å². The van der Waals surface area contributed by atoms with Crippen molar-refractivity contribution in [2.75, 3.05) is 6.54 Å². The molecule has 112 valence electrons. The maximum Gasteiger partial charge on any atom is 0.128 e. The number of hydrogen-bond acceptors (Lipinski definition) is 3. The summed E-state index contributed by atoms with van der Waals surface area (Å²) in [6.45, 7) is 5.22. The van der Waals surface area contributed by atoms with E-state index in [0.29, 0.717) is 6.10 Å². The van der Waals surface area contributed by atoms with Crippen molar-refractivity contribution < 1.29 is 9.15 Å². The first kappa shape index (κ1) is 14.2. The molecule has 1 aliphatic carbocycles. The van der Waals surface area contributed by atoms with Gasteiger partial charge >= 0.3 is 0 Å². The quantitative estimate of drug-likeness (QED) is 0.827. The summed E-state index contributed by atoms with van der Waals surface area (Å²) in [6.07, 6.45) is 5.68. The molecule has 1 aromatic heterocycles. The fourth-order valence-corrected chi connectivity index (χ4v) is 2.45. The van der Waals surface area contributed by atoms with Gasteiger partial charge in [0.05, 0.1) is 18.4 Å². The number of furan rings is 1. The zero-order valence-corrected chi connectivity index (χ0v) is 12.8. The highest BCUT2D eigenvalue weighted by Gasteiger charge is 2.24. The Morgan fingerprint density at radius 2 is 2.00 bits per heavy atom. The van der Waals surface area contributed by atoms with Crippen LogP contribution in [0.4, 0.5) is 0 Å². The highest BCUT2D eigenvalue weighted by Crippen LogP contribution is 2.30. The van der Waals surface area contributed by atoms with Crippen LogP contribution >= 0.6 is 0 Å². The van der Waals surface area contributed by atoms with Crippen molar-refractivity contribution in [1.29, 1.82) is 0 Å². The van der Waals surface area contributed by atoms with Gasteiger partial charge in [-0.1, -0.05) is 19.1 Å². The van der Waals surface area contributed by atoms with E-state index in [2.05, 4.69) is 43.4 Å². The molecule has 2 aromatic rings. The van der Waals surface area contributed by atoms with Crippen molar-refractivity contribution in [3.05, 3.63) is 53.5 Å². The Hall–Kier alpha value is -1.74. The molecule has 0 radical (unpaired) electrons. The topological polar surface area (TPSA) is 34.4 Å². The Balaban J connectivity index is 1.79. The molecule has 1 atom stereocenters. The molecule has 3 rings (SSSR count). The number of aryl methyl sites for hydroxylation is 1. The summed E-state index contributed by atoms with van der Waals surface area (Å²) in [6, 6.07) is 10.5. The van der Waals surface area contributed by atoms with Crippen molar-refractivity contribution in [3.8, 4) is 5.75 Å². The third kappa shape index (κ3) is 3.48. The number of ether oxygens (including phenoxy) is 1. The molecule has 3 nitrogen and oxygen atoms in total. The predicted octanol–water partition coefficient (Wildman–Crippen LogP) is 4.22. The fourth-order valence-electron chi connectivity index (χ4n) is 2.45. The highest BCUT2D eigenvalue weighted by molar-refractivity contribution is 5.35. The first-order chi connectivity index (χ1) is 10.3. The lowest BCUT2D eigenvalue weighted by molar-refractivity contribution is 0.303. The van der Waals surface area contributed by atoms with Crippen molar-refractivity contribution in [1.82, 2.24) is 5.32 Å².